The summed E-state index contributed by atoms with van der Waals surface area (Å²) in [7, 11) is 0. The highest BCUT2D eigenvalue weighted by atomic mass is 16.1. The first-order valence-corrected chi connectivity index (χ1v) is 4.61. The highest BCUT2D eigenvalue weighted by molar-refractivity contribution is 5.03. The van der Waals surface area contributed by atoms with E-state index in [-0.39, 0.29) is 5.69 Å². The average Bonchev–Trinajstić information content (AvgIpc) is 2.80. The lowest BCUT2D eigenvalue weighted by molar-refractivity contribution is 0.659. The third-order valence-corrected chi connectivity index (χ3v) is 2.31. The fourth-order valence-corrected chi connectivity index (χ4v) is 1.60. The first-order chi connectivity index (χ1) is 5.83. The summed E-state index contributed by atoms with van der Waals surface area (Å²) >= 11 is 0. The van der Waals surface area contributed by atoms with Crippen LogP contribution in [0.25, 0.3) is 0 Å². The van der Waals surface area contributed by atoms with E-state index in [2.05, 4.69) is 11.9 Å². The number of imidazole rings is 1. The second-order valence-electron chi connectivity index (χ2n) is 3.44. The van der Waals surface area contributed by atoms with E-state index in [1.807, 2.05) is 10.8 Å². The van der Waals surface area contributed by atoms with Crippen LogP contribution in [0.4, 0.5) is 0 Å². The van der Waals surface area contributed by atoms with Gasteiger partial charge >= 0.3 is 5.69 Å². The maximum atomic E-state index is 11.3. The van der Waals surface area contributed by atoms with Gasteiger partial charge in [0.1, 0.15) is 0 Å². The Morgan fingerprint density at radius 2 is 2.42 bits per heavy atom. The normalized spacial score (nSPS) is 16.8. The SMILES string of the molecule is CCCc1c[nH]c(=O)n1C1CC1. The van der Waals surface area contributed by atoms with Crippen molar-refractivity contribution in [3.63, 3.8) is 0 Å². The highest BCUT2D eigenvalue weighted by Gasteiger charge is 2.26. The molecule has 0 aliphatic heterocycles. The lowest BCUT2D eigenvalue weighted by Gasteiger charge is -2.02. The Kier molecular flexibility index (Phi) is 1.79. The Morgan fingerprint density at radius 3 is 3.00 bits per heavy atom. The summed E-state index contributed by atoms with van der Waals surface area (Å²) in [5.74, 6) is 0. The zero-order chi connectivity index (χ0) is 8.55. The summed E-state index contributed by atoms with van der Waals surface area (Å²) in [5, 5.41) is 0. The summed E-state index contributed by atoms with van der Waals surface area (Å²) in [6.07, 6.45) is 6.31. The van der Waals surface area contributed by atoms with E-state index in [4.69, 9.17) is 0 Å². The van der Waals surface area contributed by atoms with Crippen LogP contribution in [0.2, 0.25) is 0 Å². The lowest BCUT2D eigenvalue weighted by atomic mass is 10.3. The van der Waals surface area contributed by atoms with Gasteiger partial charge in [-0.25, -0.2) is 4.79 Å². The molecule has 1 aromatic heterocycles. The third kappa shape index (κ3) is 1.19. The van der Waals surface area contributed by atoms with E-state index in [1.165, 1.54) is 18.5 Å². The second kappa shape index (κ2) is 2.81. The molecule has 1 fully saturated rings. The molecule has 0 bridgehead atoms. The van der Waals surface area contributed by atoms with Gasteiger partial charge in [-0.15, -0.1) is 0 Å². The molecule has 0 aromatic carbocycles. The van der Waals surface area contributed by atoms with Crippen molar-refractivity contribution in [1.29, 1.82) is 0 Å². The van der Waals surface area contributed by atoms with Crippen LogP contribution in [-0.4, -0.2) is 9.55 Å². The Balaban J connectivity index is 2.33. The van der Waals surface area contributed by atoms with Crippen LogP contribution in [0, 0.1) is 0 Å². The van der Waals surface area contributed by atoms with Gasteiger partial charge in [0.2, 0.25) is 0 Å². The largest absolute Gasteiger partial charge is 0.325 e. The molecule has 0 saturated heterocycles. The van der Waals surface area contributed by atoms with E-state index >= 15 is 0 Å². The molecule has 0 spiro atoms. The quantitative estimate of drug-likeness (QED) is 0.725. The van der Waals surface area contributed by atoms with Gasteiger partial charge in [-0.2, -0.15) is 0 Å². The van der Waals surface area contributed by atoms with Gasteiger partial charge in [0.15, 0.2) is 0 Å². The Bertz CT molecular complexity index is 320. The maximum absolute atomic E-state index is 11.3. The number of hydrogen-bond acceptors (Lipinski definition) is 1. The zero-order valence-corrected chi connectivity index (χ0v) is 7.34. The number of aromatic nitrogens is 2. The minimum Gasteiger partial charge on any atom is -0.312 e. The van der Waals surface area contributed by atoms with Crippen molar-refractivity contribution in [1.82, 2.24) is 9.55 Å². The predicted octanol–water partition coefficient (Wildman–Crippen LogP) is 1.46. The summed E-state index contributed by atoms with van der Waals surface area (Å²) in [6, 6.07) is 0.505. The van der Waals surface area contributed by atoms with Gasteiger partial charge < -0.3 is 4.98 Å². The number of rotatable bonds is 3. The van der Waals surface area contributed by atoms with Gasteiger partial charge in [-0.1, -0.05) is 13.3 Å². The van der Waals surface area contributed by atoms with Crippen LogP contribution in [0.3, 0.4) is 0 Å². The van der Waals surface area contributed by atoms with Crippen molar-refractivity contribution in [2.75, 3.05) is 0 Å². The number of aromatic amines is 1. The van der Waals surface area contributed by atoms with Crippen LogP contribution in [-0.2, 0) is 6.42 Å². The molecule has 1 aliphatic rings. The van der Waals surface area contributed by atoms with Crippen molar-refractivity contribution < 1.29 is 0 Å². The number of H-pyrrole nitrogens is 1. The smallest absolute Gasteiger partial charge is 0.312 e. The lowest BCUT2D eigenvalue weighted by Crippen LogP contribution is -2.17. The summed E-state index contributed by atoms with van der Waals surface area (Å²) in [5.41, 5.74) is 1.24. The fraction of sp³-hybridized carbons (Fsp3) is 0.667. The fourth-order valence-electron chi connectivity index (χ4n) is 1.60. The minimum absolute atomic E-state index is 0.0703. The van der Waals surface area contributed by atoms with Crippen molar-refractivity contribution in [2.45, 2.75) is 38.6 Å². The standard InChI is InChI=1S/C9H14N2O/c1-2-3-8-6-10-9(12)11(8)7-4-5-7/h6-7H,2-5H2,1H3,(H,10,12). The zero-order valence-electron chi connectivity index (χ0n) is 7.34. The molecule has 2 rings (SSSR count). The van der Waals surface area contributed by atoms with Gasteiger partial charge in [0.25, 0.3) is 0 Å². The van der Waals surface area contributed by atoms with Gasteiger partial charge in [0.05, 0.1) is 0 Å². The van der Waals surface area contributed by atoms with E-state index in [0.29, 0.717) is 6.04 Å². The molecule has 0 atom stereocenters. The number of hydrogen-bond donors (Lipinski definition) is 1. The molecule has 1 N–H and O–H groups in total. The molecular weight excluding hydrogens is 152 g/mol. The molecule has 1 saturated carbocycles. The Morgan fingerprint density at radius 1 is 1.67 bits per heavy atom. The number of nitrogens with one attached hydrogen (secondary N) is 1. The van der Waals surface area contributed by atoms with Gasteiger partial charge in [-0.05, 0) is 19.3 Å². The minimum atomic E-state index is 0.0703. The first-order valence-electron chi connectivity index (χ1n) is 4.61. The Labute approximate surface area is 71.4 Å². The van der Waals surface area contributed by atoms with Crippen molar-refractivity contribution in [2.24, 2.45) is 0 Å². The van der Waals surface area contributed by atoms with E-state index in [0.717, 1.165) is 12.8 Å². The van der Waals surface area contributed by atoms with E-state index < -0.39 is 0 Å². The van der Waals surface area contributed by atoms with Gasteiger partial charge in [-0.3, -0.25) is 4.57 Å². The van der Waals surface area contributed by atoms with Crippen LogP contribution < -0.4 is 5.69 Å². The summed E-state index contributed by atoms with van der Waals surface area (Å²) in [4.78, 5) is 14.1. The summed E-state index contributed by atoms with van der Waals surface area (Å²) in [6.45, 7) is 2.13. The molecule has 3 heteroatoms. The third-order valence-electron chi connectivity index (χ3n) is 2.31. The van der Waals surface area contributed by atoms with Crippen LogP contribution in [0.5, 0.6) is 0 Å². The summed E-state index contributed by atoms with van der Waals surface area (Å²) < 4.78 is 1.92. The second-order valence-corrected chi connectivity index (χ2v) is 3.44. The van der Waals surface area contributed by atoms with E-state index in [9.17, 15) is 4.79 Å². The topological polar surface area (TPSA) is 37.8 Å². The molecule has 1 heterocycles. The molecule has 12 heavy (non-hydrogen) atoms. The molecular formula is C9H14N2O. The highest BCUT2D eigenvalue weighted by Crippen LogP contribution is 2.34. The van der Waals surface area contributed by atoms with Crippen molar-refractivity contribution in [3.8, 4) is 0 Å². The van der Waals surface area contributed by atoms with Crippen molar-refractivity contribution >= 4 is 0 Å². The van der Waals surface area contributed by atoms with Crippen LogP contribution >= 0.6 is 0 Å². The first kappa shape index (κ1) is 7.65. The molecule has 1 aromatic rings. The monoisotopic (exact) mass is 166 g/mol. The average molecular weight is 166 g/mol. The van der Waals surface area contributed by atoms with Gasteiger partial charge in [0, 0.05) is 17.9 Å². The molecule has 3 nitrogen and oxygen atoms in total. The van der Waals surface area contributed by atoms with Crippen LogP contribution in [0.1, 0.15) is 37.9 Å². The maximum Gasteiger partial charge on any atom is 0.325 e. The molecule has 0 radical (unpaired) electrons. The number of nitrogens with zero attached hydrogens (tertiary/aromatic N) is 1. The Hall–Kier alpha value is -0.990. The molecule has 1 aliphatic carbocycles. The molecule has 66 valence electrons. The molecule has 0 unspecified atom stereocenters. The molecule has 0 amide bonds. The number of aryl methyl sites for hydroxylation is 1. The van der Waals surface area contributed by atoms with Crippen LogP contribution in [0.15, 0.2) is 11.0 Å². The van der Waals surface area contributed by atoms with E-state index in [1.54, 1.807) is 0 Å². The van der Waals surface area contributed by atoms with Crippen molar-refractivity contribution in [3.05, 3.63) is 22.4 Å². The predicted molar refractivity (Wildman–Crippen MR) is 47.3 cm³/mol.